The summed E-state index contributed by atoms with van der Waals surface area (Å²) >= 11 is 4.10. The van der Waals surface area contributed by atoms with Crippen LogP contribution in [-0.4, -0.2) is 9.97 Å². The number of aromatic nitrogens is 2. The molecular formula is C10H9FN2S. The average molecular weight is 208 g/mol. The minimum atomic E-state index is -0.234. The SMILES string of the molecule is Fc1ccc(-c2cnc(CS)[nH]2)cc1. The molecule has 0 spiro atoms. The highest BCUT2D eigenvalue weighted by molar-refractivity contribution is 7.79. The van der Waals surface area contributed by atoms with Crippen molar-refractivity contribution in [3.63, 3.8) is 0 Å². The first kappa shape index (κ1) is 9.27. The molecule has 0 fully saturated rings. The second kappa shape index (κ2) is 3.84. The minimum absolute atomic E-state index is 0.234. The van der Waals surface area contributed by atoms with Gasteiger partial charge in [0.05, 0.1) is 11.9 Å². The Bertz CT molecular complexity index is 422. The predicted octanol–water partition coefficient (Wildman–Crippen LogP) is 2.65. The number of benzene rings is 1. The van der Waals surface area contributed by atoms with Crippen molar-refractivity contribution in [2.75, 3.05) is 0 Å². The van der Waals surface area contributed by atoms with Gasteiger partial charge in [-0.1, -0.05) is 0 Å². The molecule has 14 heavy (non-hydrogen) atoms. The summed E-state index contributed by atoms with van der Waals surface area (Å²) in [4.78, 5) is 7.20. The van der Waals surface area contributed by atoms with Crippen molar-refractivity contribution in [2.45, 2.75) is 5.75 Å². The van der Waals surface area contributed by atoms with E-state index in [0.717, 1.165) is 17.1 Å². The molecule has 0 aliphatic heterocycles. The summed E-state index contributed by atoms with van der Waals surface area (Å²) in [6, 6.07) is 6.28. The van der Waals surface area contributed by atoms with Gasteiger partial charge in [-0.05, 0) is 29.8 Å². The highest BCUT2D eigenvalue weighted by Gasteiger charge is 2.01. The maximum Gasteiger partial charge on any atom is 0.123 e. The lowest BCUT2D eigenvalue weighted by molar-refractivity contribution is 0.628. The lowest BCUT2D eigenvalue weighted by Crippen LogP contribution is -1.81. The molecule has 72 valence electrons. The molecule has 0 atom stereocenters. The van der Waals surface area contributed by atoms with Crippen LogP contribution in [0.3, 0.4) is 0 Å². The van der Waals surface area contributed by atoms with Crippen LogP contribution in [0, 0.1) is 5.82 Å². The standard InChI is InChI=1S/C10H9FN2S/c11-8-3-1-7(2-4-8)9-5-12-10(6-14)13-9/h1-5,14H,6H2,(H,12,13). The number of nitrogens with one attached hydrogen (secondary N) is 1. The molecule has 2 rings (SSSR count). The van der Waals surface area contributed by atoms with Crippen LogP contribution in [0.25, 0.3) is 11.3 Å². The van der Waals surface area contributed by atoms with Gasteiger partial charge in [0.1, 0.15) is 11.6 Å². The van der Waals surface area contributed by atoms with Crippen LogP contribution in [0.4, 0.5) is 4.39 Å². The van der Waals surface area contributed by atoms with Crippen LogP contribution in [0.1, 0.15) is 5.82 Å². The van der Waals surface area contributed by atoms with Crippen LogP contribution in [0.15, 0.2) is 30.5 Å². The maximum absolute atomic E-state index is 12.6. The first-order chi connectivity index (χ1) is 6.79. The van der Waals surface area contributed by atoms with Crippen molar-refractivity contribution < 1.29 is 4.39 Å². The van der Waals surface area contributed by atoms with E-state index in [1.807, 2.05) is 0 Å². The van der Waals surface area contributed by atoms with Crippen molar-refractivity contribution in [3.8, 4) is 11.3 Å². The lowest BCUT2D eigenvalue weighted by atomic mass is 10.2. The van der Waals surface area contributed by atoms with E-state index in [4.69, 9.17) is 0 Å². The Balaban J connectivity index is 2.34. The molecule has 0 saturated carbocycles. The molecule has 0 saturated heterocycles. The van der Waals surface area contributed by atoms with E-state index in [9.17, 15) is 4.39 Å². The number of thiol groups is 1. The predicted molar refractivity (Wildman–Crippen MR) is 56.7 cm³/mol. The zero-order valence-electron chi connectivity index (χ0n) is 7.37. The molecule has 0 radical (unpaired) electrons. The van der Waals surface area contributed by atoms with Crippen molar-refractivity contribution >= 4 is 12.6 Å². The minimum Gasteiger partial charge on any atom is -0.341 e. The molecule has 1 N–H and O–H groups in total. The fraction of sp³-hybridized carbons (Fsp3) is 0.100. The van der Waals surface area contributed by atoms with Gasteiger partial charge in [0.15, 0.2) is 0 Å². The molecule has 1 heterocycles. The topological polar surface area (TPSA) is 28.7 Å². The Labute approximate surface area is 86.6 Å². The summed E-state index contributed by atoms with van der Waals surface area (Å²) in [5, 5.41) is 0. The van der Waals surface area contributed by atoms with Gasteiger partial charge < -0.3 is 4.98 Å². The molecule has 2 nitrogen and oxygen atoms in total. The van der Waals surface area contributed by atoms with E-state index in [-0.39, 0.29) is 5.82 Å². The Morgan fingerprint density at radius 3 is 2.57 bits per heavy atom. The number of hydrogen-bond acceptors (Lipinski definition) is 2. The molecule has 0 aliphatic carbocycles. The third-order valence-electron chi connectivity index (χ3n) is 1.93. The van der Waals surface area contributed by atoms with E-state index in [1.54, 1.807) is 18.3 Å². The van der Waals surface area contributed by atoms with Gasteiger partial charge >= 0.3 is 0 Å². The molecule has 1 aromatic heterocycles. The average Bonchev–Trinajstić information content (AvgIpc) is 2.67. The number of halogens is 1. The highest BCUT2D eigenvalue weighted by Crippen LogP contribution is 2.17. The largest absolute Gasteiger partial charge is 0.341 e. The number of nitrogens with zero attached hydrogens (tertiary/aromatic N) is 1. The number of hydrogen-bond donors (Lipinski definition) is 2. The molecule has 1 aromatic carbocycles. The van der Waals surface area contributed by atoms with E-state index < -0.39 is 0 Å². The molecule has 2 aromatic rings. The second-order valence-electron chi connectivity index (χ2n) is 2.91. The van der Waals surface area contributed by atoms with Gasteiger partial charge in [0.25, 0.3) is 0 Å². The maximum atomic E-state index is 12.6. The van der Waals surface area contributed by atoms with Gasteiger partial charge in [0.2, 0.25) is 0 Å². The van der Waals surface area contributed by atoms with Gasteiger partial charge in [-0.15, -0.1) is 0 Å². The molecular weight excluding hydrogens is 199 g/mol. The third-order valence-corrected chi connectivity index (χ3v) is 2.23. The second-order valence-corrected chi connectivity index (χ2v) is 3.22. The molecule has 0 amide bonds. The van der Waals surface area contributed by atoms with Crippen LogP contribution in [0.2, 0.25) is 0 Å². The fourth-order valence-electron chi connectivity index (χ4n) is 1.22. The Morgan fingerprint density at radius 1 is 1.29 bits per heavy atom. The summed E-state index contributed by atoms with van der Waals surface area (Å²) in [7, 11) is 0. The zero-order chi connectivity index (χ0) is 9.97. The third kappa shape index (κ3) is 1.80. The Morgan fingerprint density at radius 2 is 2.00 bits per heavy atom. The van der Waals surface area contributed by atoms with E-state index in [0.29, 0.717) is 5.75 Å². The molecule has 0 bridgehead atoms. The summed E-state index contributed by atoms with van der Waals surface area (Å²) < 4.78 is 12.6. The summed E-state index contributed by atoms with van der Waals surface area (Å²) in [6.45, 7) is 0. The Hall–Kier alpha value is -1.29. The van der Waals surface area contributed by atoms with Crippen molar-refractivity contribution in [1.29, 1.82) is 0 Å². The first-order valence-electron chi connectivity index (χ1n) is 4.20. The Kier molecular flexibility index (Phi) is 2.54. The molecule has 0 aliphatic rings. The van der Waals surface area contributed by atoms with Crippen molar-refractivity contribution in [2.24, 2.45) is 0 Å². The monoisotopic (exact) mass is 208 g/mol. The van der Waals surface area contributed by atoms with Crippen LogP contribution in [-0.2, 0) is 5.75 Å². The van der Waals surface area contributed by atoms with Gasteiger partial charge in [0, 0.05) is 5.75 Å². The highest BCUT2D eigenvalue weighted by atomic mass is 32.1. The van der Waals surface area contributed by atoms with Crippen molar-refractivity contribution in [1.82, 2.24) is 9.97 Å². The molecule has 4 heteroatoms. The van der Waals surface area contributed by atoms with E-state index in [2.05, 4.69) is 22.6 Å². The summed E-state index contributed by atoms with van der Waals surface area (Å²) in [5.74, 6) is 1.15. The van der Waals surface area contributed by atoms with Crippen LogP contribution < -0.4 is 0 Å². The van der Waals surface area contributed by atoms with Gasteiger partial charge in [-0.3, -0.25) is 0 Å². The summed E-state index contributed by atoms with van der Waals surface area (Å²) in [6.07, 6.45) is 1.72. The smallest absolute Gasteiger partial charge is 0.123 e. The van der Waals surface area contributed by atoms with Gasteiger partial charge in [-0.2, -0.15) is 12.6 Å². The number of imidazole rings is 1. The summed E-state index contributed by atoms with van der Waals surface area (Å²) in [5.41, 5.74) is 1.81. The molecule has 0 unspecified atom stereocenters. The van der Waals surface area contributed by atoms with E-state index in [1.165, 1.54) is 12.1 Å². The van der Waals surface area contributed by atoms with Crippen LogP contribution in [0.5, 0.6) is 0 Å². The zero-order valence-corrected chi connectivity index (χ0v) is 8.26. The normalized spacial score (nSPS) is 10.4. The first-order valence-corrected chi connectivity index (χ1v) is 4.83. The van der Waals surface area contributed by atoms with Gasteiger partial charge in [-0.25, -0.2) is 9.37 Å². The lowest BCUT2D eigenvalue weighted by Gasteiger charge is -1.96. The number of rotatable bonds is 2. The van der Waals surface area contributed by atoms with Crippen LogP contribution >= 0.6 is 12.6 Å². The van der Waals surface area contributed by atoms with Crippen molar-refractivity contribution in [3.05, 3.63) is 42.1 Å². The number of H-pyrrole nitrogens is 1. The fourth-order valence-corrected chi connectivity index (χ4v) is 1.38. The number of aromatic amines is 1. The van der Waals surface area contributed by atoms with E-state index >= 15 is 0 Å². The quantitative estimate of drug-likeness (QED) is 0.730.